The van der Waals surface area contributed by atoms with Crippen molar-refractivity contribution >= 4 is 25.9 Å². The van der Waals surface area contributed by atoms with Crippen LogP contribution in [0.25, 0.3) is 0 Å². The van der Waals surface area contributed by atoms with Crippen LogP contribution in [-0.4, -0.2) is 30.9 Å². The maximum absolute atomic E-state index is 11.3. The van der Waals surface area contributed by atoms with Gasteiger partial charge in [0.1, 0.15) is 5.25 Å². The molecule has 17 heavy (non-hydrogen) atoms. The van der Waals surface area contributed by atoms with Crippen molar-refractivity contribution in [3.8, 4) is 0 Å². The van der Waals surface area contributed by atoms with Crippen LogP contribution in [0.3, 0.4) is 0 Å². The van der Waals surface area contributed by atoms with Crippen LogP contribution in [-0.2, 0) is 15.8 Å². The molecule has 0 aliphatic heterocycles. The van der Waals surface area contributed by atoms with Gasteiger partial charge in [-0.1, -0.05) is 25.2 Å². The van der Waals surface area contributed by atoms with E-state index in [-0.39, 0.29) is 10.3 Å². The van der Waals surface area contributed by atoms with Crippen LogP contribution >= 0.6 is 0 Å². The summed E-state index contributed by atoms with van der Waals surface area (Å²) in [6.45, 7) is 15.6. The molecule has 0 aliphatic rings. The van der Waals surface area contributed by atoms with Gasteiger partial charge in [0, 0.05) is 13.0 Å². The molecule has 0 aromatic heterocycles. The lowest BCUT2D eigenvalue weighted by atomic mass is 10.2. The number of rotatable bonds is 6. The minimum absolute atomic E-state index is 0.0903. The molecule has 0 radical (unpaired) electrons. The van der Waals surface area contributed by atoms with Gasteiger partial charge in [-0.2, -0.15) is 0 Å². The predicted octanol–water partition coefficient (Wildman–Crippen LogP) is 3.54. The molecule has 0 amide bonds. The van der Waals surface area contributed by atoms with Crippen molar-refractivity contribution in [2.75, 3.05) is 6.61 Å². The molecule has 0 aromatic rings. The SMILES string of the molecule is CC(C)[S+]([O-])N=CCCO[Si](C)(C)C(C)(C)C. The topological polar surface area (TPSA) is 44.7 Å². The molecule has 0 aliphatic carbocycles. The average Bonchev–Trinajstić information content (AvgIpc) is 2.14. The van der Waals surface area contributed by atoms with E-state index in [0.717, 1.165) is 6.42 Å². The Kier molecular flexibility index (Phi) is 6.99. The van der Waals surface area contributed by atoms with Crippen molar-refractivity contribution in [1.82, 2.24) is 0 Å². The third kappa shape index (κ3) is 6.60. The highest BCUT2D eigenvalue weighted by Crippen LogP contribution is 2.36. The minimum Gasteiger partial charge on any atom is -0.591 e. The molecule has 0 fully saturated rings. The van der Waals surface area contributed by atoms with E-state index in [1.807, 2.05) is 13.8 Å². The second-order valence-corrected chi connectivity index (χ2v) is 12.5. The van der Waals surface area contributed by atoms with Crippen LogP contribution in [0.5, 0.6) is 0 Å². The van der Waals surface area contributed by atoms with E-state index in [9.17, 15) is 4.55 Å². The number of hydrogen-bond acceptors (Lipinski definition) is 3. The largest absolute Gasteiger partial charge is 0.591 e. The van der Waals surface area contributed by atoms with Crippen LogP contribution in [0, 0.1) is 0 Å². The molecule has 1 atom stereocenters. The number of nitrogens with zero attached hydrogens (tertiary/aromatic N) is 1. The first-order valence-electron chi connectivity index (χ1n) is 6.15. The maximum atomic E-state index is 11.3. The van der Waals surface area contributed by atoms with Gasteiger partial charge in [-0.3, -0.25) is 0 Å². The number of hydrogen-bond donors (Lipinski definition) is 0. The van der Waals surface area contributed by atoms with E-state index in [0.29, 0.717) is 6.61 Å². The van der Waals surface area contributed by atoms with Gasteiger partial charge in [-0.05, 0) is 32.0 Å². The first-order chi connectivity index (χ1) is 7.58. The Morgan fingerprint density at radius 1 is 1.35 bits per heavy atom. The van der Waals surface area contributed by atoms with E-state index >= 15 is 0 Å². The summed E-state index contributed by atoms with van der Waals surface area (Å²) in [4.78, 5) is 0. The Bertz CT molecular complexity index is 249. The highest BCUT2D eigenvalue weighted by Gasteiger charge is 2.36. The van der Waals surface area contributed by atoms with Crippen molar-refractivity contribution in [2.45, 2.75) is 64.4 Å². The fourth-order valence-electron chi connectivity index (χ4n) is 0.831. The summed E-state index contributed by atoms with van der Waals surface area (Å²) in [6.07, 6.45) is 2.47. The Labute approximate surface area is 110 Å². The molecule has 0 spiro atoms. The Hall–Kier alpha value is 0.157. The van der Waals surface area contributed by atoms with Crippen LogP contribution < -0.4 is 0 Å². The van der Waals surface area contributed by atoms with E-state index in [1.165, 1.54) is 0 Å². The summed E-state index contributed by atoms with van der Waals surface area (Å²) in [6, 6.07) is 0. The summed E-state index contributed by atoms with van der Waals surface area (Å²) in [5.41, 5.74) is 0. The molecule has 0 aromatic carbocycles. The van der Waals surface area contributed by atoms with Crippen molar-refractivity contribution in [2.24, 2.45) is 4.40 Å². The van der Waals surface area contributed by atoms with Gasteiger partial charge in [0.2, 0.25) is 0 Å². The molecule has 3 nitrogen and oxygen atoms in total. The molecular formula is C12H27NO2SSi. The van der Waals surface area contributed by atoms with E-state index in [4.69, 9.17) is 4.43 Å². The predicted molar refractivity (Wildman–Crippen MR) is 79.5 cm³/mol. The molecular weight excluding hydrogens is 250 g/mol. The van der Waals surface area contributed by atoms with Gasteiger partial charge in [-0.25, -0.2) is 0 Å². The molecule has 0 saturated carbocycles. The smallest absolute Gasteiger partial charge is 0.191 e. The second kappa shape index (κ2) is 6.92. The molecule has 0 rings (SSSR count). The quantitative estimate of drug-likeness (QED) is 0.322. The molecule has 1 unspecified atom stereocenters. The highest BCUT2D eigenvalue weighted by atomic mass is 32.2. The summed E-state index contributed by atoms with van der Waals surface area (Å²) < 4.78 is 21.3. The van der Waals surface area contributed by atoms with Crippen LogP contribution in [0.15, 0.2) is 4.40 Å². The van der Waals surface area contributed by atoms with Crippen molar-refractivity contribution in [3.05, 3.63) is 0 Å². The normalized spacial score (nSPS) is 15.8. The van der Waals surface area contributed by atoms with E-state index < -0.39 is 19.7 Å². The standard InChI is InChI=1S/C12H27NO2SSi/c1-11(2)16(14)13-9-8-10-15-17(6,7)12(3,4)5/h9,11H,8,10H2,1-7H3. The lowest BCUT2D eigenvalue weighted by Crippen LogP contribution is -2.41. The summed E-state index contributed by atoms with van der Waals surface area (Å²) in [5.74, 6) is 0. The molecule has 0 N–H and O–H groups in total. The molecule has 0 heterocycles. The second-order valence-electron chi connectivity index (χ2n) is 6.01. The summed E-state index contributed by atoms with van der Waals surface area (Å²) in [7, 11) is -1.64. The monoisotopic (exact) mass is 277 g/mol. The maximum Gasteiger partial charge on any atom is 0.191 e. The van der Waals surface area contributed by atoms with Crippen LogP contribution in [0.1, 0.15) is 41.0 Å². The zero-order valence-corrected chi connectivity index (χ0v) is 14.1. The lowest BCUT2D eigenvalue weighted by Gasteiger charge is -2.36. The van der Waals surface area contributed by atoms with E-state index in [1.54, 1.807) is 6.21 Å². The highest BCUT2D eigenvalue weighted by molar-refractivity contribution is 7.90. The van der Waals surface area contributed by atoms with Gasteiger partial charge in [0.05, 0.1) is 17.6 Å². The molecule has 102 valence electrons. The van der Waals surface area contributed by atoms with Gasteiger partial charge < -0.3 is 8.98 Å². The van der Waals surface area contributed by atoms with Gasteiger partial charge in [-0.15, -0.1) is 0 Å². The van der Waals surface area contributed by atoms with Crippen molar-refractivity contribution < 1.29 is 8.98 Å². The van der Waals surface area contributed by atoms with Crippen LogP contribution in [0.2, 0.25) is 18.1 Å². The molecule has 0 bridgehead atoms. The first kappa shape index (κ1) is 17.2. The third-order valence-corrected chi connectivity index (χ3v) is 8.80. The Morgan fingerprint density at radius 2 is 1.88 bits per heavy atom. The van der Waals surface area contributed by atoms with Gasteiger partial charge in [0.25, 0.3) is 0 Å². The van der Waals surface area contributed by atoms with Crippen LogP contribution in [0.4, 0.5) is 0 Å². The summed E-state index contributed by atoms with van der Waals surface area (Å²) in [5, 5.41) is 0.331. The van der Waals surface area contributed by atoms with Crippen molar-refractivity contribution in [1.29, 1.82) is 0 Å². The van der Waals surface area contributed by atoms with Gasteiger partial charge >= 0.3 is 0 Å². The Morgan fingerprint density at radius 3 is 2.29 bits per heavy atom. The lowest BCUT2D eigenvalue weighted by molar-refractivity contribution is 0.299. The Balaban J connectivity index is 3.94. The summed E-state index contributed by atoms with van der Waals surface area (Å²) >= 11 is -1.09. The van der Waals surface area contributed by atoms with Gasteiger partial charge in [0.15, 0.2) is 8.32 Å². The zero-order chi connectivity index (χ0) is 13.7. The fraction of sp³-hybridized carbons (Fsp3) is 0.917. The first-order valence-corrected chi connectivity index (χ1v) is 10.2. The minimum atomic E-state index is -1.64. The van der Waals surface area contributed by atoms with E-state index in [2.05, 4.69) is 38.3 Å². The fourth-order valence-corrected chi connectivity index (χ4v) is 2.39. The average molecular weight is 278 g/mol. The molecule has 5 heteroatoms. The zero-order valence-electron chi connectivity index (χ0n) is 12.2. The van der Waals surface area contributed by atoms with Crippen molar-refractivity contribution in [3.63, 3.8) is 0 Å². The third-order valence-electron chi connectivity index (χ3n) is 3.10. The molecule has 0 saturated heterocycles.